The van der Waals surface area contributed by atoms with Gasteiger partial charge < -0.3 is 25.2 Å². The van der Waals surface area contributed by atoms with E-state index in [9.17, 15) is 0 Å². The van der Waals surface area contributed by atoms with Gasteiger partial charge in [0.15, 0.2) is 5.11 Å². The first kappa shape index (κ1) is 21.8. The van der Waals surface area contributed by atoms with E-state index in [0.29, 0.717) is 29.4 Å². The zero-order valence-electron chi connectivity index (χ0n) is 18.4. The number of morpholine rings is 1. The Morgan fingerprint density at radius 1 is 1.03 bits per heavy atom. The molecule has 0 saturated carbocycles. The molecule has 2 aliphatic rings. The molecule has 2 aromatic rings. The summed E-state index contributed by atoms with van der Waals surface area (Å²) < 4.78 is 5.52. The van der Waals surface area contributed by atoms with Crippen LogP contribution >= 0.6 is 12.2 Å². The van der Waals surface area contributed by atoms with E-state index in [1.165, 1.54) is 12.0 Å². The second-order valence-electron chi connectivity index (χ2n) is 8.65. The molecule has 2 N–H and O–H groups in total. The van der Waals surface area contributed by atoms with E-state index in [1.807, 2.05) is 18.2 Å². The van der Waals surface area contributed by atoms with Crippen molar-refractivity contribution in [2.75, 3.05) is 54.5 Å². The van der Waals surface area contributed by atoms with E-state index in [2.05, 4.69) is 52.5 Å². The monoisotopic (exact) mass is 440 g/mol. The Morgan fingerprint density at radius 3 is 2.35 bits per heavy atom. The van der Waals surface area contributed by atoms with Crippen LogP contribution in [0.2, 0.25) is 0 Å². The maximum Gasteiger partial charge on any atom is 0.232 e. The maximum atomic E-state index is 5.52. The van der Waals surface area contributed by atoms with Crippen LogP contribution in [-0.4, -0.2) is 54.5 Å². The van der Waals surface area contributed by atoms with Crippen molar-refractivity contribution in [3.63, 3.8) is 0 Å². The minimum atomic E-state index is 0.523. The molecule has 1 aromatic carbocycles. The third-order valence-corrected chi connectivity index (χ3v) is 5.99. The highest BCUT2D eigenvalue weighted by Gasteiger charge is 2.25. The Kier molecular flexibility index (Phi) is 7.19. The lowest BCUT2D eigenvalue weighted by atomic mass is 9.92. The Labute approximate surface area is 190 Å². The Bertz CT molecular complexity index is 864. The molecule has 2 atom stereocenters. The van der Waals surface area contributed by atoms with Crippen LogP contribution in [0.5, 0.6) is 0 Å². The lowest BCUT2D eigenvalue weighted by Crippen LogP contribution is -2.40. The summed E-state index contributed by atoms with van der Waals surface area (Å²) in [6.45, 7) is 10.4. The molecular weight excluding hydrogens is 408 g/mol. The fourth-order valence-electron chi connectivity index (χ4n) is 4.37. The summed E-state index contributed by atoms with van der Waals surface area (Å²) in [4.78, 5) is 14.3. The van der Waals surface area contributed by atoms with E-state index in [4.69, 9.17) is 26.9 Å². The van der Waals surface area contributed by atoms with Gasteiger partial charge in [-0.05, 0) is 36.0 Å². The summed E-state index contributed by atoms with van der Waals surface area (Å²) in [6.07, 6.45) is 1.26. The molecule has 3 heterocycles. The van der Waals surface area contributed by atoms with E-state index >= 15 is 0 Å². The highest BCUT2D eigenvalue weighted by atomic mass is 32.1. The average molecular weight is 441 g/mol. The number of hydrogen-bond acceptors (Lipinski definition) is 6. The van der Waals surface area contributed by atoms with Crippen molar-refractivity contribution in [2.24, 2.45) is 11.8 Å². The van der Waals surface area contributed by atoms with Crippen molar-refractivity contribution < 1.29 is 4.74 Å². The van der Waals surface area contributed by atoms with Gasteiger partial charge in [-0.1, -0.05) is 44.2 Å². The second kappa shape index (κ2) is 10.2. The van der Waals surface area contributed by atoms with Crippen molar-refractivity contribution in [3.8, 4) is 0 Å². The first-order valence-corrected chi connectivity index (χ1v) is 11.5. The third-order valence-electron chi connectivity index (χ3n) is 5.75. The number of benzene rings is 1. The van der Waals surface area contributed by atoms with E-state index in [-0.39, 0.29) is 0 Å². The van der Waals surface area contributed by atoms with Gasteiger partial charge in [0, 0.05) is 38.8 Å². The summed E-state index contributed by atoms with van der Waals surface area (Å²) in [5.41, 5.74) is 1.17. The molecule has 7 nitrogen and oxygen atoms in total. The number of nitrogens with zero attached hydrogens (tertiary/aromatic N) is 4. The normalized spacial score (nSPS) is 21.6. The molecule has 0 amide bonds. The quantitative estimate of drug-likeness (QED) is 0.687. The predicted molar refractivity (Wildman–Crippen MR) is 130 cm³/mol. The number of ether oxygens (including phenoxy) is 1. The molecular formula is C23H32N6OS. The van der Waals surface area contributed by atoms with Crippen molar-refractivity contribution >= 4 is 34.9 Å². The lowest BCUT2D eigenvalue weighted by Gasteiger charge is -2.36. The van der Waals surface area contributed by atoms with Crippen LogP contribution < -0.4 is 20.4 Å². The van der Waals surface area contributed by atoms with Crippen LogP contribution in [0, 0.1) is 11.8 Å². The van der Waals surface area contributed by atoms with Crippen molar-refractivity contribution in [1.82, 2.24) is 15.3 Å². The van der Waals surface area contributed by atoms with Gasteiger partial charge in [0.05, 0.1) is 13.2 Å². The molecule has 2 fully saturated rings. The van der Waals surface area contributed by atoms with Crippen LogP contribution in [0.15, 0.2) is 36.4 Å². The number of thiocarbonyl (C=S) groups is 1. The molecule has 0 radical (unpaired) electrons. The third kappa shape index (κ3) is 6.04. The van der Waals surface area contributed by atoms with Crippen LogP contribution in [0.3, 0.4) is 0 Å². The van der Waals surface area contributed by atoms with Crippen LogP contribution in [0.25, 0.3) is 0 Å². The topological polar surface area (TPSA) is 65.6 Å². The molecule has 0 spiro atoms. The molecule has 4 rings (SSSR count). The molecule has 0 bridgehead atoms. The number of aromatic nitrogens is 2. The minimum Gasteiger partial charge on any atom is -0.378 e. The minimum absolute atomic E-state index is 0.523. The van der Waals surface area contributed by atoms with Crippen molar-refractivity contribution in [3.05, 3.63) is 42.0 Å². The van der Waals surface area contributed by atoms with Gasteiger partial charge in [0.1, 0.15) is 11.6 Å². The molecule has 8 heteroatoms. The molecule has 166 valence electrons. The summed E-state index contributed by atoms with van der Waals surface area (Å²) >= 11 is 5.52. The van der Waals surface area contributed by atoms with Gasteiger partial charge >= 0.3 is 0 Å². The first-order valence-electron chi connectivity index (χ1n) is 11.1. The Balaban J connectivity index is 1.51. The Hall–Kier alpha value is -2.45. The second-order valence-corrected chi connectivity index (χ2v) is 9.06. The Morgan fingerprint density at radius 2 is 1.68 bits per heavy atom. The molecule has 0 aliphatic carbocycles. The number of hydrogen-bond donors (Lipinski definition) is 2. The van der Waals surface area contributed by atoms with Gasteiger partial charge in [-0.2, -0.15) is 9.97 Å². The van der Waals surface area contributed by atoms with Gasteiger partial charge in [-0.15, -0.1) is 0 Å². The number of rotatable bonds is 5. The van der Waals surface area contributed by atoms with Gasteiger partial charge in [-0.3, -0.25) is 0 Å². The predicted octanol–water partition coefficient (Wildman–Crippen LogP) is 3.28. The SMILES string of the molecule is CC1CC(C)CN(c2cc(N3CCOCC3)nc(NC(=S)NCc3ccccc3)n2)C1. The van der Waals surface area contributed by atoms with Gasteiger partial charge in [-0.25, -0.2) is 0 Å². The van der Waals surface area contributed by atoms with Crippen LogP contribution in [0.4, 0.5) is 17.6 Å². The molecule has 31 heavy (non-hydrogen) atoms. The lowest BCUT2D eigenvalue weighted by molar-refractivity contribution is 0.122. The molecule has 2 saturated heterocycles. The van der Waals surface area contributed by atoms with Crippen LogP contribution in [-0.2, 0) is 11.3 Å². The zero-order valence-corrected chi connectivity index (χ0v) is 19.2. The largest absolute Gasteiger partial charge is 0.378 e. The first-order chi connectivity index (χ1) is 15.1. The number of nitrogens with one attached hydrogen (secondary N) is 2. The summed E-state index contributed by atoms with van der Waals surface area (Å²) in [6, 6.07) is 12.3. The summed E-state index contributed by atoms with van der Waals surface area (Å²) in [7, 11) is 0. The average Bonchev–Trinajstić information content (AvgIpc) is 2.78. The number of anilines is 3. The van der Waals surface area contributed by atoms with E-state index in [0.717, 1.165) is 51.0 Å². The highest BCUT2D eigenvalue weighted by Crippen LogP contribution is 2.28. The van der Waals surface area contributed by atoms with Crippen LogP contribution in [0.1, 0.15) is 25.8 Å². The van der Waals surface area contributed by atoms with Gasteiger partial charge in [0.25, 0.3) is 0 Å². The molecule has 2 aliphatic heterocycles. The highest BCUT2D eigenvalue weighted by molar-refractivity contribution is 7.80. The van der Waals surface area contributed by atoms with Gasteiger partial charge in [0.2, 0.25) is 5.95 Å². The maximum absolute atomic E-state index is 5.52. The van der Waals surface area contributed by atoms with Crippen molar-refractivity contribution in [1.29, 1.82) is 0 Å². The van der Waals surface area contributed by atoms with E-state index in [1.54, 1.807) is 0 Å². The standard InChI is InChI=1S/C23H32N6OS/c1-17-12-18(2)16-29(15-17)21-13-20(28-8-10-30-11-9-28)25-22(26-21)27-23(31)24-14-19-6-4-3-5-7-19/h3-7,13,17-18H,8-12,14-16H2,1-2H3,(H2,24,25,26,27,31). The molecule has 1 aromatic heterocycles. The smallest absolute Gasteiger partial charge is 0.232 e. The summed E-state index contributed by atoms with van der Waals surface area (Å²) in [5.74, 6) is 3.72. The fourth-order valence-corrected chi connectivity index (χ4v) is 4.53. The zero-order chi connectivity index (χ0) is 21.6. The van der Waals surface area contributed by atoms with Crippen molar-refractivity contribution in [2.45, 2.75) is 26.8 Å². The molecule has 2 unspecified atom stereocenters. The summed E-state index contributed by atoms with van der Waals surface area (Å²) in [5, 5.41) is 6.98. The fraction of sp³-hybridized carbons (Fsp3) is 0.522. The van der Waals surface area contributed by atoms with E-state index < -0.39 is 0 Å². The number of piperidine rings is 1.